The van der Waals surface area contributed by atoms with E-state index in [0.29, 0.717) is 41.2 Å². The first-order valence-electron chi connectivity index (χ1n) is 17.8. The summed E-state index contributed by atoms with van der Waals surface area (Å²) in [6, 6.07) is 0. The molecule has 3 aliphatic carbocycles. The highest BCUT2D eigenvalue weighted by Gasteiger charge is 2.32. The number of fused-ring (bicyclic) bond motifs is 2. The van der Waals surface area contributed by atoms with Crippen LogP contribution in [-0.2, 0) is 19.1 Å². The lowest BCUT2D eigenvalue weighted by Crippen LogP contribution is -2.31. The van der Waals surface area contributed by atoms with Crippen LogP contribution in [0.15, 0.2) is 0 Å². The van der Waals surface area contributed by atoms with Crippen LogP contribution in [0.25, 0.3) is 0 Å². The first-order valence-corrected chi connectivity index (χ1v) is 17.8. The maximum atomic E-state index is 10.6. The predicted molar refractivity (Wildman–Crippen MR) is 177 cm³/mol. The minimum absolute atomic E-state index is 0.0990. The van der Waals surface area contributed by atoms with Crippen molar-refractivity contribution in [2.75, 3.05) is 0 Å². The van der Waals surface area contributed by atoms with E-state index in [1.54, 1.807) is 0 Å². The number of hydrogen-bond donors (Lipinski definition) is 2. The van der Waals surface area contributed by atoms with Crippen LogP contribution in [0.5, 0.6) is 0 Å². The largest absolute Gasteiger partial charge is 0.393 e. The van der Waals surface area contributed by atoms with Gasteiger partial charge in [-0.15, -0.1) is 0 Å². The van der Waals surface area contributed by atoms with E-state index in [9.17, 15) is 15.0 Å². The Morgan fingerprint density at radius 1 is 0.651 bits per heavy atom. The van der Waals surface area contributed by atoms with Gasteiger partial charge in [-0.25, -0.2) is 0 Å². The molecule has 0 unspecified atom stereocenters. The summed E-state index contributed by atoms with van der Waals surface area (Å²) in [6.07, 6.45) is 23.2. The van der Waals surface area contributed by atoms with Crippen LogP contribution >= 0.6 is 0 Å². The Labute approximate surface area is 265 Å². The van der Waals surface area contributed by atoms with E-state index in [4.69, 9.17) is 14.3 Å². The predicted octanol–water partition coefficient (Wildman–Crippen LogP) is 8.62. The van der Waals surface area contributed by atoms with Crippen molar-refractivity contribution in [2.24, 2.45) is 22.7 Å². The van der Waals surface area contributed by atoms with E-state index < -0.39 is 0 Å². The summed E-state index contributed by atoms with van der Waals surface area (Å²) in [7, 11) is 0. The Balaban J connectivity index is 0.000000298. The molecule has 0 aromatic rings. The molecular weight excluding hydrogens is 540 g/mol. The number of rotatable bonds is 5. The van der Waals surface area contributed by atoms with Crippen LogP contribution in [0.3, 0.4) is 0 Å². The molecule has 6 heteroatoms. The van der Waals surface area contributed by atoms with Crippen molar-refractivity contribution in [1.82, 2.24) is 0 Å². The molecule has 0 radical (unpaired) electrons. The molecule has 254 valence electrons. The summed E-state index contributed by atoms with van der Waals surface area (Å²) in [5.41, 5.74) is 1.02. The highest BCUT2D eigenvalue weighted by molar-refractivity contribution is 5.53. The van der Waals surface area contributed by atoms with Crippen molar-refractivity contribution in [2.45, 2.75) is 201 Å². The fourth-order valence-corrected chi connectivity index (χ4v) is 6.54. The zero-order chi connectivity index (χ0) is 32.5. The van der Waals surface area contributed by atoms with Crippen LogP contribution in [0, 0.1) is 22.7 Å². The van der Waals surface area contributed by atoms with Crippen molar-refractivity contribution in [1.29, 1.82) is 0 Å². The highest BCUT2D eigenvalue weighted by Crippen LogP contribution is 2.41. The van der Waals surface area contributed by atoms with Crippen molar-refractivity contribution in [3.05, 3.63) is 0 Å². The lowest BCUT2D eigenvalue weighted by molar-refractivity contribution is -0.112. The van der Waals surface area contributed by atoms with Crippen LogP contribution in [0.2, 0.25) is 0 Å². The fourth-order valence-electron chi connectivity index (χ4n) is 6.54. The number of aliphatic hydroxyl groups excluding tert-OH is 2. The van der Waals surface area contributed by atoms with Crippen LogP contribution in [-0.4, -0.2) is 59.9 Å². The Morgan fingerprint density at radius 2 is 1.02 bits per heavy atom. The Hall–Kier alpha value is -0.820. The zero-order valence-electron chi connectivity index (χ0n) is 29.2. The van der Waals surface area contributed by atoms with Gasteiger partial charge in [0.25, 0.3) is 0 Å². The fraction of sp³-hybridized carbons (Fsp3) is 0.946. The van der Waals surface area contributed by atoms with Gasteiger partial charge < -0.3 is 29.3 Å². The Morgan fingerprint density at radius 3 is 1.28 bits per heavy atom. The maximum Gasteiger partial charge on any atom is 0.123 e. The summed E-state index contributed by atoms with van der Waals surface area (Å²) in [6.45, 7) is 17.9. The van der Waals surface area contributed by atoms with Gasteiger partial charge in [-0.1, -0.05) is 61.3 Å². The molecule has 5 aliphatic rings. The Bertz CT molecular complexity index is 656. The second-order valence-electron chi connectivity index (χ2n) is 15.5. The summed E-state index contributed by atoms with van der Waals surface area (Å²) < 4.78 is 11.5. The van der Waals surface area contributed by atoms with Gasteiger partial charge in [-0.3, -0.25) is 0 Å². The SMILES string of the molecule is C1CC2CCC1O2.C=O.CCC(C)(C)C.CCC(C)(C)C1CCC(C=O)CC1.OC1CCC(OC2CCC(O)CC2)CC1. The molecule has 43 heavy (non-hydrogen) atoms. The number of aldehydes is 1. The van der Waals surface area contributed by atoms with Crippen LogP contribution in [0.4, 0.5) is 0 Å². The molecule has 0 atom stereocenters. The number of carbonyl (C=O) groups is 2. The highest BCUT2D eigenvalue weighted by atomic mass is 16.5. The average Bonchev–Trinajstić information content (AvgIpc) is 3.68. The second-order valence-corrected chi connectivity index (χ2v) is 15.5. The third kappa shape index (κ3) is 16.9. The number of hydrogen-bond acceptors (Lipinski definition) is 6. The van der Waals surface area contributed by atoms with Gasteiger partial charge in [0.2, 0.25) is 0 Å². The van der Waals surface area contributed by atoms with E-state index in [2.05, 4.69) is 48.5 Å². The van der Waals surface area contributed by atoms with Crippen molar-refractivity contribution >= 4 is 13.1 Å². The van der Waals surface area contributed by atoms with E-state index in [0.717, 1.165) is 76.4 Å². The monoisotopic (exact) mass is 611 g/mol. The summed E-state index contributed by atoms with van der Waals surface area (Å²) in [5.74, 6) is 1.21. The minimum atomic E-state index is -0.0990. The quantitative estimate of drug-likeness (QED) is 0.303. The topological polar surface area (TPSA) is 93.1 Å². The average molecular weight is 611 g/mol. The van der Waals surface area contributed by atoms with Crippen molar-refractivity contribution in [3.63, 3.8) is 0 Å². The number of carbonyl (C=O) groups excluding carboxylic acids is 2. The van der Waals surface area contributed by atoms with Gasteiger partial charge >= 0.3 is 0 Å². The third-order valence-corrected chi connectivity index (χ3v) is 10.7. The molecule has 0 aromatic heterocycles. The van der Waals surface area contributed by atoms with Gasteiger partial charge in [-0.05, 0) is 119 Å². The summed E-state index contributed by atoms with van der Waals surface area (Å²) in [5, 5.41) is 18.8. The van der Waals surface area contributed by atoms with Gasteiger partial charge in [0.15, 0.2) is 0 Å². The van der Waals surface area contributed by atoms with Gasteiger partial charge in [0.1, 0.15) is 13.1 Å². The summed E-state index contributed by atoms with van der Waals surface area (Å²) in [4.78, 5) is 18.6. The molecule has 2 aliphatic heterocycles. The first kappa shape index (κ1) is 40.2. The molecule has 0 spiro atoms. The first-order chi connectivity index (χ1) is 20.3. The van der Waals surface area contributed by atoms with E-state index in [-0.39, 0.29) is 12.2 Å². The molecule has 0 amide bonds. The lowest BCUT2D eigenvalue weighted by Gasteiger charge is -2.37. The third-order valence-electron chi connectivity index (χ3n) is 10.7. The molecule has 2 N–H and O–H groups in total. The Kier molecular flexibility index (Phi) is 19.7. The van der Waals surface area contributed by atoms with Crippen molar-refractivity contribution in [3.8, 4) is 0 Å². The van der Waals surface area contributed by atoms with Gasteiger partial charge in [0.05, 0.1) is 36.6 Å². The normalized spacial score (nSPS) is 33.6. The lowest BCUT2D eigenvalue weighted by atomic mass is 9.68. The molecule has 2 heterocycles. The maximum absolute atomic E-state index is 10.6. The minimum Gasteiger partial charge on any atom is -0.393 e. The molecule has 5 rings (SSSR count). The molecule has 5 fully saturated rings. The molecular formula is C37H70O6. The van der Waals surface area contributed by atoms with Crippen molar-refractivity contribution < 1.29 is 29.3 Å². The van der Waals surface area contributed by atoms with E-state index in [1.165, 1.54) is 51.4 Å². The van der Waals surface area contributed by atoms with Crippen LogP contribution < -0.4 is 0 Å². The van der Waals surface area contributed by atoms with Gasteiger partial charge in [0, 0.05) is 5.92 Å². The van der Waals surface area contributed by atoms with E-state index >= 15 is 0 Å². The molecule has 3 saturated carbocycles. The molecule has 6 nitrogen and oxygen atoms in total. The molecule has 2 saturated heterocycles. The number of ether oxygens (including phenoxy) is 2. The number of aliphatic hydroxyl groups is 2. The van der Waals surface area contributed by atoms with Gasteiger partial charge in [-0.2, -0.15) is 0 Å². The smallest absolute Gasteiger partial charge is 0.123 e. The van der Waals surface area contributed by atoms with Crippen LogP contribution in [0.1, 0.15) is 164 Å². The summed E-state index contributed by atoms with van der Waals surface area (Å²) >= 11 is 0. The standard InChI is InChI=1S/C12H22O3.C12H22O.C6H10O.C6H14.CH2O/c13-9-1-5-11(6-2-9)15-12-7-3-10(14)4-8-12;1-4-12(2,3)11-7-5-10(9-13)6-8-11;1-2-6-4-3-5(1)7-6;1-5-6(2,3)4;1-2/h9-14H,1-8H2;9-11H,4-8H2,1-3H3;5-6H,1-4H2;5H2,1-4H3;1H2. The molecule has 0 aromatic carbocycles. The second kappa shape index (κ2) is 21.1. The molecule has 2 bridgehead atoms. The van der Waals surface area contributed by atoms with E-state index in [1.807, 2.05) is 6.79 Å². The zero-order valence-corrected chi connectivity index (χ0v) is 29.2.